The molecule has 0 amide bonds. The molecule has 1 saturated carbocycles. The van der Waals surface area contributed by atoms with E-state index in [4.69, 9.17) is 9.47 Å². The highest BCUT2D eigenvalue weighted by molar-refractivity contribution is 14.0. The van der Waals surface area contributed by atoms with Gasteiger partial charge in [-0.1, -0.05) is 12.1 Å². The van der Waals surface area contributed by atoms with Crippen molar-refractivity contribution in [3.63, 3.8) is 0 Å². The van der Waals surface area contributed by atoms with Gasteiger partial charge in [-0.2, -0.15) is 0 Å². The molecule has 31 heavy (non-hydrogen) atoms. The standard InChI is InChI=1S/C23H37N5O2.HI/c1-24-23(25-15-18-9-10-28(17-18)20-5-6-20)26-16-22(27-11-13-30-14-12-27)19-3-7-21(29-2)8-4-19;/h3-4,7-8,18,20,22H,5-6,9-17H2,1-2H3,(H2,24,25,26);1H. The molecule has 1 aliphatic carbocycles. The minimum Gasteiger partial charge on any atom is -0.497 e. The number of nitrogens with one attached hydrogen (secondary N) is 2. The van der Waals surface area contributed by atoms with Gasteiger partial charge in [-0.15, -0.1) is 24.0 Å². The number of likely N-dealkylation sites (tertiary alicyclic amines) is 1. The van der Waals surface area contributed by atoms with Gasteiger partial charge in [0.15, 0.2) is 5.96 Å². The Morgan fingerprint density at radius 1 is 1.13 bits per heavy atom. The van der Waals surface area contributed by atoms with Gasteiger partial charge in [0.05, 0.1) is 26.4 Å². The molecule has 4 rings (SSSR count). The van der Waals surface area contributed by atoms with Crippen LogP contribution in [0.25, 0.3) is 0 Å². The molecule has 0 aromatic heterocycles. The zero-order valence-electron chi connectivity index (χ0n) is 18.9. The van der Waals surface area contributed by atoms with Crippen molar-refractivity contribution in [2.75, 3.05) is 66.6 Å². The number of halogens is 1. The Bertz CT molecular complexity index is 692. The third-order valence-corrected chi connectivity index (χ3v) is 6.61. The summed E-state index contributed by atoms with van der Waals surface area (Å²) < 4.78 is 10.9. The number of ether oxygens (including phenoxy) is 2. The first kappa shape index (κ1) is 24.5. The normalized spacial score (nSPS) is 23.8. The van der Waals surface area contributed by atoms with E-state index in [0.29, 0.717) is 0 Å². The lowest BCUT2D eigenvalue weighted by atomic mass is 10.0. The van der Waals surface area contributed by atoms with E-state index in [1.165, 1.54) is 37.9 Å². The van der Waals surface area contributed by atoms with E-state index in [0.717, 1.165) is 63.1 Å². The molecule has 2 heterocycles. The first-order valence-electron chi connectivity index (χ1n) is 11.4. The molecular weight excluding hydrogens is 505 g/mol. The summed E-state index contributed by atoms with van der Waals surface area (Å²) in [5.41, 5.74) is 1.29. The Labute approximate surface area is 204 Å². The molecule has 1 aromatic carbocycles. The molecule has 2 saturated heterocycles. The number of benzene rings is 1. The molecule has 3 aliphatic rings. The van der Waals surface area contributed by atoms with Crippen molar-refractivity contribution in [2.45, 2.75) is 31.3 Å². The number of morpholine rings is 1. The van der Waals surface area contributed by atoms with Crippen molar-refractivity contribution >= 4 is 29.9 Å². The summed E-state index contributed by atoms with van der Waals surface area (Å²) in [6.07, 6.45) is 4.10. The third-order valence-electron chi connectivity index (χ3n) is 6.61. The van der Waals surface area contributed by atoms with Crippen LogP contribution in [0.1, 0.15) is 30.9 Å². The first-order chi connectivity index (χ1) is 14.8. The fourth-order valence-corrected chi connectivity index (χ4v) is 4.63. The Morgan fingerprint density at radius 2 is 1.87 bits per heavy atom. The zero-order valence-corrected chi connectivity index (χ0v) is 21.2. The second-order valence-electron chi connectivity index (χ2n) is 8.65. The van der Waals surface area contributed by atoms with E-state index in [1.807, 2.05) is 19.2 Å². The molecule has 174 valence electrons. The lowest BCUT2D eigenvalue weighted by Crippen LogP contribution is -2.47. The average molecular weight is 543 g/mol. The number of methoxy groups -OCH3 is 1. The van der Waals surface area contributed by atoms with Crippen LogP contribution >= 0.6 is 24.0 Å². The molecular formula is C23H38IN5O2. The van der Waals surface area contributed by atoms with Crippen LogP contribution in [0.15, 0.2) is 29.3 Å². The van der Waals surface area contributed by atoms with Crippen molar-refractivity contribution in [3.05, 3.63) is 29.8 Å². The summed E-state index contributed by atoms with van der Waals surface area (Å²) >= 11 is 0. The lowest BCUT2D eigenvalue weighted by molar-refractivity contribution is 0.0170. The molecule has 2 N–H and O–H groups in total. The maximum absolute atomic E-state index is 5.57. The number of guanidine groups is 1. The summed E-state index contributed by atoms with van der Waals surface area (Å²) in [4.78, 5) is 9.63. The quantitative estimate of drug-likeness (QED) is 0.298. The number of hydrogen-bond donors (Lipinski definition) is 2. The largest absolute Gasteiger partial charge is 0.497 e. The van der Waals surface area contributed by atoms with E-state index in [-0.39, 0.29) is 30.0 Å². The predicted molar refractivity (Wildman–Crippen MR) is 136 cm³/mol. The molecule has 0 radical (unpaired) electrons. The maximum Gasteiger partial charge on any atom is 0.191 e. The van der Waals surface area contributed by atoms with Crippen molar-refractivity contribution in [1.29, 1.82) is 0 Å². The lowest BCUT2D eigenvalue weighted by Gasteiger charge is -2.35. The van der Waals surface area contributed by atoms with Crippen molar-refractivity contribution in [2.24, 2.45) is 10.9 Å². The van der Waals surface area contributed by atoms with Gasteiger partial charge in [0.25, 0.3) is 0 Å². The van der Waals surface area contributed by atoms with Crippen LogP contribution in [0, 0.1) is 5.92 Å². The maximum atomic E-state index is 5.57. The third kappa shape index (κ3) is 6.94. The summed E-state index contributed by atoms with van der Waals surface area (Å²) in [5, 5.41) is 7.14. The van der Waals surface area contributed by atoms with Gasteiger partial charge in [-0.3, -0.25) is 9.89 Å². The van der Waals surface area contributed by atoms with Crippen LogP contribution in [0.5, 0.6) is 5.75 Å². The van der Waals surface area contributed by atoms with Gasteiger partial charge in [-0.05, 0) is 49.4 Å². The van der Waals surface area contributed by atoms with Gasteiger partial charge in [0, 0.05) is 45.8 Å². The van der Waals surface area contributed by atoms with Crippen LogP contribution in [0.3, 0.4) is 0 Å². The number of nitrogens with zero attached hydrogens (tertiary/aromatic N) is 3. The Kier molecular flexibility index (Phi) is 9.68. The topological polar surface area (TPSA) is 61.4 Å². The van der Waals surface area contributed by atoms with Crippen LogP contribution in [0.4, 0.5) is 0 Å². The highest BCUT2D eigenvalue weighted by atomic mass is 127. The molecule has 2 aliphatic heterocycles. The second-order valence-corrected chi connectivity index (χ2v) is 8.65. The predicted octanol–water partition coefficient (Wildman–Crippen LogP) is 2.34. The van der Waals surface area contributed by atoms with E-state index >= 15 is 0 Å². The SMILES string of the molecule is CN=C(NCC1CCN(C2CC2)C1)NCC(c1ccc(OC)cc1)N1CCOCC1.I. The second kappa shape index (κ2) is 12.2. The molecule has 8 heteroatoms. The molecule has 2 atom stereocenters. The van der Waals surface area contributed by atoms with Crippen LogP contribution in [-0.4, -0.2) is 88.4 Å². The summed E-state index contributed by atoms with van der Waals surface area (Å²) in [7, 11) is 3.57. The molecule has 2 unspecified atom stereocenters. The Hall–Kier alpha value is -1.10. The Balaban J connectivity index is 0.00000272. The average Bonchev–Trinajstić information content (AvgIpc) is 3.55. The Morgan fingerprint density at radius 3 is 2.52 bits per heavy atom. The van der Waals surface area contributed by atoms with E-state index in [9.17, 15) is 0 Å². The van der Waals surface area contributed by atoms with Gasteiger partial charge < -0.3 is 25.0 Å². The monoisotopic (exact) mass is 543 g/mol. The first-order valence-corrected chi connectivity index (χ1v) is 11.4. The molecule has 1 aromatic rings. The molecule has 0 spiro atoms. The van der Waals surface area contributed by atoms with Gasteiger partial charge in [0.2, 0.25) is 0 Å². The van der Waals surface area contributed by atoms with Crippen LogP contribution < -0.4 is 15.4 Å². The molecule has 7 nitrogen and oxygen atoms in total. The van der Waals surface area contributed by atoms with Gasteiger partial charge in [0.1, 0.15) is 5.75 Å². The fraction of sp³-hybridized carbons (Fsp3) is 0.696. The van der Waals surface area contributed by atoms with E-state index in [2.05, 4.69) is 37.6 Å². The van der Waals surface area contributed by atoms with Gasteiger partial charge >= 0.3 is 0 Å². The highest BCUT2D eigenvalue weighted by Gasteiger charge is 2.34. The van der Waals surface area contributed by atoms with E-state index in [1.54, 1.807) is 7.11 Å². The molecule has 0 bridgehead atoms. The van der Waals surface area contributed by atoms with Crippen LogP contribution in [-0.2, 0) is 4.74 Å². The summed E-state index contributed by atoms with van der Waals surface area (Å²) in [6, 6.07) is 9.58. The van der Waals surface area contributed by atoms with E-state index < -0.39 is 0 Å². The van der Waals surface area contributed by atoms with Crippen LogP contribution in [0.2, 0.25) is 0 Å². The fourth-order valence-electron chi connectivity index (χ4n) is 4.63. The zero-order chi connectivity index (χ0) is 20.8. The number of hydrogen-bond acceptors (Lipinski definition) is 5. The summed E-state index contributed by atoms with van der Waals surface area (Å²) in [6.45, 7) is 7.78. The van der Waals surface area contributed by atoms with Crippen molar-refractivity contribution < 1.29 is 9.47 Å². The minimum absolute atomic E-state index is 0. The minimum atomic E-state index is 0. The summed E-state index contributed by atoms with van der Waals surface area (Å²) in [5.74, 6) is 2.51. The number of rotatable bonds is 8. The highest BCUT2D eigenvalue weighted by Crippen LogP contribution is 2.31. The smallest absolute Gasteiger partial charge is 0.191 e. The number of aliphatic imine (C=N–C) groups is 1. The van der Waals surface area contributed by atoms with Crippen molar-refractivity contribution in [3.8, 4) is 5.75 Å². The van der Waals surface area contributed by atoms with Crippen molar-refractivity contribution in [1.82, 2.24) is 20.4 Å². The van der Waals surface area contributed by atoms with Gasteiger partial charge in [-0.25, -0.2) is 0 Å². The molecule has 3 fully saturated rings.